The molecule has 2 rings (SSSR count). The molecule has 2 heterocycles. The molecule has 134 valence electrons. The molecule has 2 saturated heterocycles. The van der Waals surface area contributed by atoms with E-state index >= 15 is 0 Å². The molecule has 0 saturated carbocycles. The van der Waals surface area contributed by atoms with Crippen molar-refractivity contribution in [3.05, 3.63) is 0 Å². The van der Waals surface area contributed by atoms with Gasteiger partial charge < -0.3 is 10.2 Å². The van der Waals surface area contributed by atoms with Gasteiger partial charge in [0.2, 0.25) is 5.91 Å². The lowest BCUT2D eigenvalue weighted by molar-refractivity contribution is -0.145. The quantitative estimate of drug-likeness (QED) is 0.855. The van der Waals surface area contributed by atoms with Crippen LogP contribution in [0.25, 0.3) is 0 Å². The lowest BCUT2D eigenvalue weighted by atomic mass is 9.85. The summed E-state index contributed by atoms with van der Waals surface area (Å²) in [5, 5.41) is 3.37. The number of carbonyl (C=O) groups is 1. The van der Waals surface area contributed by atoms with Crippen molar-refractivity contribution in [3.8, 4) is 0 Å². The van der Waals surface area contributed by atoms with E-state index in [1.165, 1.54) is 4.90 Å². The zero-order valence-corrected chi connectivity index (χ0v) is 13.9. The summed E-state index contributed by atoms with van der Waals surface area (Å²) in [4.78, 5) is 15.6. The second-order valence-corrected chi connectivity index (χ2v) is 6.91. The highest BCUT2D eigenvalue weighted by molar-refractivity contribution is 5.76. The highest BCUT2D eigenvalue weighted by Crippen LogP contribution is 2.24. The summed E-state index contributed by atoms with van der Waals surface area (Å²) in [5.41, 5.74) is 0. The Morgan fingerprint density at radius 1 is 1.22 bits per heavy atom. The third-order valence-electron chi connectivity index (χ3n) is 4.98. The maximum Gasteiger partial charge on any atom is 0.401 e. The molecule has 0 aromatic rings. The Morgan fingerprint density at radius 2 is 2.00 bits per heavy atom. The first-order chi connectivity index (χ1) is 10.8. The van der Waals surface area contributed by atoms with Gasteiger partial charge in [-0.05, 0) is 44.2 Å². The number of nitrogens with zero attached hydrogens (tertiary/aromatic N) is 2. The van der Waals surface area contributed by atoms with Gasteiger partial charge in [-0.15, -0.1) is 0 Å². The molecule has 1 N–H and O–H groups in total. The van der Waals surface area contributed by atoms with E-state index in [2.05, 4.69) is 12.2 Å². The molecule has 4 nitrogen and oxygen atoms in total. The topological polar surface area (TPSA) is 35.6 Å². The third-order valence-corrected chi connectivity index (χ3v) is 4.98. The Bertz CT molecular complexity index is 383. The minimum absolute atomic E-state index is 0.0944. The van der Waals surface area contributed by atoms with Crippen LogP contribution in [0, 0.1) is 11.8 Å². The zero-order chi connectivity index (χ0) is 16.9. The number of alkyl halides is 3. The molecule has 7 heteroatoms. The molecule has 0 aromatic heterocycles. The van der Waals surface area contributed by atoms with E-state index in [-0.39, 0.29) is 5.91 Å². The fourth-order valence-corrected chi connectivity index (χ4v) is 3.57. The summed E-state index contributed by atoms with van der Waals surface area (Å²) in [7, 11) is 0. The maximum atomic E-state index is 12.5. The number of hydrogen-bond donors (Lipinski definition) is 1. The number of nitrogens with one attached hydrogen (secondary N) is 1. The summed E-state index contributed by atoms with van der Waals surface area (Å²) < 4.78 is 37.4. The monoisotopic (exact) mass is 335 g/mol. The van der Waals surface area contributed by atoms with Crippen LogP contribution in [0.15, 0.2) is 0 Å². The summed E-state index contributed by atoms with van der Waals surface area (Å²) in [5.74, 6) is 0.947. The Morgan fingerprint density at radius 3 is 2.65 bits per heavy atom. The standard InChI is InChI=1S/C16H28F3N3O/c1-13(14-4-2-5-20-11-14)10-15(23)22-7-3-6-21(8-9-22)12-16(17,18)19/h13-14,20H,2-12H2,1H3. The molecule has 2 unspecified atom stereocenters. The Kier molecular flexibility index (Phi) is 6.71. The number of piperidine rings is 1. The van der Waals surface area contributed by atoms with Crippen molar-refractivity contribution in [3.63, 3.8) is 0 Å². The first-order valence-corrected chi connectivity index (χ1v) is 8.63. The van der Waals surface area contributed by atoms with Crippen LogP contribution in [-0.2, 0) is 4.79 Å². The van der Waals surface area contributed by atoms with Gasteiger partial charge in [0.1, 0.15) is 0 Å². The van der Waals surface area contributed by atoms with E-state index in [1.807, 2.05) is 0 Å². The molecule has 0 aromatic carbocycles. The second-order valence-electron chi connectivity index (χ2n) is 6.91. The van der Waals surface area contributed by atoms with Crippen LogP contribution in [0.3, 0.4) is 0 Å². The fourth-order valence-electron chi connectivity index (χ4n) is 3.57. The highest BCUT2D eigenvalue weighted by Gasteiger charge is 2.32. The van der Waals surface area contributed by atoms with Crippen molar-refractivity contribution in [1.82, 2.24) is 15.1 Å². The van der Waals surface area contributed by atoms with Gasteiger partial charge >= 0.3 is 6.18 Å². The van der Waals surface area contributed by atoms with E-state index < -0.39 is 12.7 Å². The maximum absolute atomic E-state index is 12.5. The molecule has 0 spiro atoms. The highest BCUT2D eigenvalue weighted by atomic mass is 19.4. The van der Waals surface area contributed by atoms with Crippen LogP contribution in [-0.4, -0.2) is 67.7 Å². The van der Waals surface area contributed by atoms with Crippen LogP contribution in [0.5, 0.6) is 0 Å². The first kappa shape index (κ1) is 18.5. The number of hydrogen-bond acceptors (Lipinski definition) is 3. The SMILES string of the molecule is CC(CC(=O)N1CCCN(CC(F)(F)F)CC1)C1CCCNC1. The summed E-state index contributed by atoms with van der Waals surface area (Å²) in [6.45, 7) is 4.96. The zero-order valence-electron chi connectivity index (χ0n) is 13.9. The smallest absolute Gasteiger partial charge is 0.341 e. The van der Waals surface area contributed by atoms with Gasteiger partial charge in [-0.25, -0.2) is 0 Å². The number of amides is 1. The second kappa shape index (κ2) is 8.33. The molecule has 2 atom stereocenters. The van der Waals surface area contributed by atoms with Crippen molar-refractivity contribution >= 4 is 5.91 Å². The van der Waals surface area contributed by atoms with E-state index in [4.69, 9.17) is 0 Å². The average molecular weight is 335 g/mol. The molecule has 2 aliphatic heterocycles. The van der Waals surface area contributed by atoms with Crippen LogP contribution in [0.1, 0.15) is 32.6 Å². The normalized spacial score (nSPS) is 25.9. The molecule has 23 heavy (non-hydrogen) atoms. The molecular formula is C16H28F3N3O. The largest absolute Gasteiger partial charge is 0.401 e. The van der Waals surface area contributed by atoms with E-state index in [0.29, 0.717) is 50.9 Å². The predicted octanol–water partition coefficient (Wildman–Crippen LogP) is 2.11. The first-order valence-electron chi connectivity index (χ1n) is 8.63. The molecule has 0 radical (unpaired) electrons. The molecule has 1 amide bonds. The van der Waals surface area contributed by atoms with Crippen LogP contribution >= 0.6 is 0 Å². The van der Waals surface area contributed by atoms with E-state index in [1.54, 1.807) is 4.90 Å². The van der Waals surface area contributed by atoms with Gasteiger partial charge in [0.25, 0.3) is 0 Å². The minimum atomic E-state index is -4.17. The minimum Gasteiger partial charge on any atom is -0.341 e. The van der Waals surface area contributed by atoms with Gasteiger partial charge in [-0.2, -0.15) is 13.2 Å². The average Bonchev–Trinajstić information content (AvgIpc) is 2.72. The van der Waals surface area contributed by atoms with Gasteiger partial charge in [-0.3, -0.25) is 9.69 Å². The summed E-state index contributed by atoms with van der Waals surface area (Å²) in [6, 6.07) is 0. The van der Waals surface area contributed by atoms with Crippen LogP contribution < -0.4 is 5.32 Å². The molecule has 0 aliphatic carbocycles. The van der Waals surface area contributed by atoms with Gasteiger partial charge in [0, 0.05) is 32.6 Å². The van der Waals surface area contributed by atoms with Gasteiger partial charge in [-0.1, -0.05) is 6.92 Å². The predicted molar refractivity (Wildman–Crippen MR) is 83.1 cm³/mol. The van der Waals surface area contributed by atoms with Crippen molar-refractivity contribution in [2.45, 2.75) is 38.8 Å². The number of rotatable bonds is 4. The Hall–Kier alpha value is -0.820. The van der Waals surface area contributed by atoms with Crippen molar-refractivity contribution in [1.29, 1.82) is 0 Å². The van der Waals surface area contributed by atoms with Crippen molar-refractivity contribution in [2.75, 3.05) is 45.8 Å². The lowest BCUT2D eigenvalue weighted by Gasteiger charge is -2.30. The fraction of sp³-hybridized carbons (Fsp3) is 0.938. The van der Waals surface area contributed by atoms with E-state index in [0.717, 1.165) is 25.9 Å². The van der Waals surface area contributed by atoms with Crippen LogP contribution in [0.4, 0.5) is 13.2 Å². The van der Waals surface area contributed by atoms with Gasteiger partial charge in [0.15, 0.2) is 0 Å². The molecule has 2 aliphatic rings. The number of carbonyl (C=O) groups excluding carboxylic acids is 1. The summed E-state index contributed by atoms with van der Waals surface area (Å²) in [6.07, 6.45) is -0.741. The molecule has 0 bridgehead atoms. The molecular weight excluding hydrogens is 307 g/mol. The van der Waals surface area contributed by atoms with Crippen molar-refractivity contribution in [2.24, 2.45) is 11.8 Å². The third kappa shape index (κ3) is 6.30. The number of halogens is 3. The lowest BCUT2D eigenvalue weighted by Crippen LogP contribution is -2.40. The Labute approximate surface area is 136 Å². The van der Waals surface area contributed by atoms with Crippen molar-refractivity contribution < 1.29 is 18.0 Å². The Balaban J connectivity index is 1.78. The summed E-state index contributed by atoms with van der Waals surface area (Å²) >= 11 is 0. The van der Waals surface area contributed by atoms with E-state index in [9.17, 15) is 18.0 Å². The van der Waals surface area contributed by atoms with Crippen LogP contribution in [0.2, 0.25) is 0 Å². The molecule has 2 fully saturated rings. The van der Waals surface area contributed by atoms with Gasteiger partial charge in [0.05, 0.1) is 6.54 Å².